The minimum atomic E-state index is -0.569. The predicted molar refractivity (Wildman–Crippen MR) is 117 cm³/mol. The van der Waals surface area contributed by atoms with Crippen molar-refractivity contribution in [2.24, 2.45) is 10.8 Å². The standard InChI is InChI=1S/C26H40O2/c1-20-12-13-22(10-6-4-8-14-25(3)16-17-25)23(21(20)2)11-7-5-9-15-26(18-19-26)24(27)28/h12-13H,4-11,14-19H2,1-3H3,(H,27,28). The maximum absolute atomic E-state index is 11.3. The first kappa shape index (κ1) is 21.4. The van der Waals surface area contributed by atoms with Crippen LogP contribution in [0.2, 0.25) is 0 Å². The minimum Gasteiger partial charge on any atom is -0.481 e. The van der Waals surface area contributed by atoms with Gasteiger partial charge >= 0.3 is 5.97 Å². The van der Waals surface area contributed by atoms with E-state index >= 15 is 0 Å². The summed E-state index contributed by atoms with van der Waals surface area (Å²) in [5.41, 5.74) is 6.38. The summed E-state index contributed by atoms with van der Waals surface area (Å²) in [6, 6.07) is 4.66. The molecule has 0 amide bonds. The van der Waals surface area contributed by atoms with Crippen molar-refractivity contribution in [1.82, 2.24) is 0 Å². The van der Waals surface area contributed by atoms with E-state index < -0.39 is 5.97 Å². The third-order valence-electron chi connectivity index (χ3n) is 7.69. The molecule has 0 unspecified atom stereocenters. The fraction of sp³-hybridized carbons (Fsp3) is 0.731. The van der Waals surface area contributed by atoms with Crippen molar-refractivity contribution in [3.63, 3.8) is 0 Å². The van der Waals surface area contributed by atoms with Gasteiger partial charge in [0.15, 0.2) is 0 Å². The number of carboxylic acids is 1. The summed E-state index contributed by atoms with van der Waals surface area (Å²) in [5.74, 6) is -0.569. The van der Waals surface area contributed by atoms with Gasteiger partial charge in [-0.1, -0.05) is 44.7 Å². The topological polar surface area (TPSA) is 37.3 Å². The number of unbranched alkanes of at least 4 members (excludes halogenated alkanes) is 4. The molecule has 1 aromatic rings. The third kappa shape index (κ3) is 5.61. The van der Waals surface area contributed by atoms with Gasteiger partial charge in [0.2, 0.25) is 0 Å². The number of aliphatic carboxylic acids is 1. The van der Waals surface area contributed by atoms with Gasteiger partial charge in [0.1, 0.15) is 0 Å². The van der Waals surface area contributed by atoms with Crippen LogP contribution in [-0.4, -0.2) is 11.1 Å². The summed E-state index contributed by atoms with van der Waals surface area (Å²) >= 11 is 0. The van der Waals surface area contributed by atoms with Gasteiger partial charge < -0.3 is 5.11 Å². The molecule has 0 heterocycles. The molecule has 1 N–H and O–H groups in total. The van der Waals surface area contributed by atoms with Crippen molar-refractivity contribution in [2.45, 2.75) is 111 Å². The number of benzene rings is 1. The molecular weight excluding hydrogens is 344 g/mol. The van der Waals surface area contributed by atoms with Gasteiger partial charge in [-0.05, 0) is 106 Å². The van der Waals surface area contributed by atoms with E-state index in [0.717, 1.165) is 38.5 Å². The number of hydrogen-bond acceptors (Lipinski definition) is 1. The average Bonchev–Trinajstić information content (AvgIpc) is 3.57. The largest absolute Gasteiger partial charge is 0.481 e. The molecule has 0 radical (unpaired) electrons. The Bertz CT molecular complexity index is 680. The lowest BCUT2D eigenvalue weighted by Crippen LogP contribution is -2.14. The molecule has 2 saturated carbocycles. The second-order valence-electron chi connectivity index (χ2n) is 10.2. The second kappa shape index (κ2) is 9.01. The summed E-state index contributed by atoms with van der Waals surface area (Å²) < 4.78 is 0. The van der Waals surface area contributed by atoms with Crippen LogP contribution < -0.4 is 0 Å². The van der Waals surface area contributed by atoms with E-state index in [1.165, 1.54) is 62.5 Å². The molecule has 1 aromatic carbocycles. The first-order valence-electron chi connectivity index (χ1n) is 11.7. The molecule has 156 valence electrons. The van der Waals surface area contributed by atoms with E-state index in [4.69, 9.17) is 0 Å². The molecule has 2 nitrogen and oxygen atoms in total. The minimum absolute atomic E-state index is 0.345. The van der Waals surface area contributed by atoms with Gasteiger partial charge in [0.25, 0.3) is 0 Å². The van der Waals surface area contributed by atoms with Crippen LogP contribution in [0.3, 0.4) is 0 Å². The van der Waals surface area contributed by atoms with Crippen molar-refractivity contribution in [3.05, 3.63) is 34.4 Å². The second-order valence-corrected chi connectivity index (χ2v) is 10.2. The smallest absolute Gasteiger partial charge is 0.309 e. The molecule has 2 fully saturated rings. The molecule has 0 saturated heterocycles. The molecule has 0 bridgehead atoms. The van der Waals surface area contributed by atoms with Crippen molar-refractivity contribution < 1.29 is 9.90 Å². The van der Waals surface area contributed by atoms with Crippen molar-refractivity contribution in [1.29, 1.82) is 0 Å². The Labute approximate surface area is 172 Å². The van der Waals surface area contributed by atoms with E-state index in [-0.39, 0.29) is 5.41 Å². The van der Waals surface area contributed by atoms with E-state index in [0.29, 0.717) is 5.41 Å². The van der Waals surface area contributed by atoms with Gasteiger partial charge in [-0.25, -0.2) is 0 Å². The van der Waals surface area contributed by atoms with E-state index in [2.05, 4.69) is 32.9 Å². The molecule has 3 rings (SSSR count). The van der Waals surface area contributed by atoms with Crippen molar-refractivity contribution in [2.75, 3.05) is 0 Å². The van der Waals surface area contributed by atoms with Crippen LogP contribution in [0.15, 0.2) is 12.1 Å². The van der Waals surface area contributed by atoms with Crippen LogP contribution in [0.5, 0.6) is 0 Å². The molecule has 28 heavy (non-hydrogen) atoms. The van der Waals surface area contributed by atoms with E-state index in [1.54, 1.807) is 11.1 Å². The molecule has 0 spiro atoms. The predicted octanol–water partition coefficient (Wildman–Crippen LogP) is 7.17. The lowest BCUT2D eigenvalue weighted by molar-refractivity contribution is -0.143. The zero-order valence-corrected chi connectivity index (χ0v) is 18.4. The van der Waals surface area contributed by atoms with Gasteiger partial charge in [-0.2, -0.15) is 0 Å². The molecule has 0 aliphatic heterocycles. The Morgan fingerprint density at radius 1 is 0.893 bits per heavy atom. The molecule has 2 aliphatic rings. The van der Waals surface area contributed by atoms with Crippen molar-refractivity contribution in [3.8, 4) is 0 Å². The van der Waals surface area contributed by atoms with Crippen molar-refractivity contribution >= 4 is 5.97 Å². The Kier molecular flexibility index (Phi) is 6.89. The van der Waals surface area contributed by atoms with Crippen LogP contribution in [0.1, 0.15) is 106 Å². The Balaban J connectivity index is 1.42. The van der Waals surface area contributed by atoms with Crippen LogP contribution in [0.25, 0.3) is 0 Å². The number of hydrogen-bond donors (Lipinski definition) is 1. The van der Waals surface area contributed by atoms with E-state index in [9.17, 15) is 9.90 Å². The SMILES string of the molecule is Cc1ccc(CCCCCC2(C)CC2)c(CCCCCC2(C(=O)O)CC2)c1C. The van der Waals surface area contributed by atoms with Gasteiger partial charge in [0.05, 0.1) is 5.41 Å². The van der Waals surface area contributed by atoms with E-state index in [1.807, 2.05) is 0 Å². The maximum Gasteiger partial charge on any atom is 0.309 e. The number of carbonyl (C=O) groups is 1. The number of rotatable bonds is 13. The van der Waals surface area contributed by atoms with Crippen LogP contribution in [-0.2, 0) is 17.6 Å². The lowest BCUT2D eigenvalue weighted by Gasteiger charge is -2.16. The average molecular weight is 385 g/mol. The first-order chi connectivity index (χ1) is 13.4. The monoisotopic (exact) mass is 384 g/mol. The summed E-state index contributed by atoms with van der Waals surface area (Å²) in [5, 5.41) is 9.31. The van der Waals surface area contributed by atoms with Gasteiger partial charge in [-0.3, -0.25) is 4.79 Å². The highest BCUT2D eigenvalue weighted by Gasteiger charge is 2.49. The molecular formula is C26H40O2. The lowest BCUT2D eigenvalue weighted by atomic mass is 9.90. The number of carboxylic acid groups (broad SMARTS) is 1. The fourth-order valence-electron chi connectivity index (χ4n) is 4.68. The van der Waals surface area contributed by atoms with Gasteiger partial charge in [0, 0.05) is 0 Å². The third-order valence-corrected chi connectivity index (χ3v) is 7.69. The van der Waals surface area contributed by atoms with Crippen LogP contribution in [0.4, 0.5) is 0 Å². The Morgan fingerprint density at radius 3 is 2.14 bits per heavy atom. The first-order valence-corrected chi connectivity index (χ1v) is 11.7. The highest BCUT2D eigenvalue weighted by molar-refractivity contribution is 5.77. The summed E-state index contributed by atoms with van der Waals surface area (Å²) in [6.45, 7) is 6.95. The highest BCUT2D eigenvalue weighted by Crippen LogP contribution is 2.50. The maximum atomic E-state index is 11.3. The van der Waals surface area contributed by atoms with Crippen LogP contribution >= 0.6 is 0 Å². The Morgan fingerprint density at radius 2 is 1.54 bits per heavy atom. The number of aryl methyl sites for hydroxylation is 2. The molecule has 2 heteroatoms. The Hall–Kier alpha value is -1.31. The summed E-state index contributed by atoms with van der Waals surface area (Å²) in [7, 11) is 0. The zero-order valence-electron chi connectivity index (χ0n) is 18.4. The van der Waals surface area contributed by atoms with Crippen LogP contribution in [0, 0.1) is 24.7 Å². The quantitative estimate of drug-likeness (QED) is 0.366. The molecule has 2 aliphatic carbocycles. The fourth-order valence-corrected chi connectivity index (χ4v) is 4.68. The summed E-state index contributed by atoms with van der Waals surface area (Å²) in [4.78, 5) is 11.3. The summed E-state index contributed by atoms with van der Waals surface area (Å²) in [6.07, 6.45) is 16.8. The molecule has 0 aromatic heterocycles. The normalized spacial score (nSPS) is 18.8. The molecule has 0 atom stereocenters. The zero-order chi connectivity index (χ0) is 20.2. The van der Waals surface area contributed by atoms with Gasteiger partial charge in [-0.15, -0.1) is 0 Å². The highest BCUT2D eigenvalue weighted by atomic mass is 16.4.